The molecule has 0 aliphatic carbocycles. The van der Waals surface area contributed by atoms with E-state index in [2.05, 4.69) is 27.6 Å². The average Bonchev–Trinajstić information content (AvgIpc) is 1.86. The lowest BCUT2D eigenvalue weighted by Crippen LogP contribution is -2.08. The third kappa shape index (κ3) is 2.56. The lowest BCUT2D eigenvalue weighted by atomic mass is 10.5. The molecule has 0 aromatic carbocycles. The van der Waals surface area contributed by atoms with Crippen molar-refractivity contribution in [2.45, 2.75) is 0 Å². The first-order valence-electron chi connectivity index (χ1n) is 3.18. The Labute approximate surface area is 79.9 Å². The molecular weight excluding hydrogens is 272 g/mol. The van der Waals surface area contributed by atoms with Crippen LogP contribution in [0.15, 0.2) is 18.2 Å². The molecule has 0 spiro atoms. The molecule has 0 aliphatic heterocycles. The minimum atomic E-state index is -2.16. The van der Waals surface area contributed by atoms with Gasteiger partial charge in [0.15, 0.2) is 0 Å². The highest BCUT2D eigenvalue weighted by Crippen LogP contribution is 2.33. The summed E-state index contributed by atoms with van der Waals surface area (Å²) in [7, 11) is -2.16. The number of hydrogen-bond acceptors (Lipinski definition) is 2. The highest BCUT2D eigenvalue weighted by molar-refractivity contribution is 14.1. The Morgan fingerprint density at radius 1 is 1.45 bits per heavy atom. The largest absolute Gasteiger partial charge is 0.318 e. The maximum atomic E-state index is 11.5. The van der Waals surface area contributed by atoms with Gasteiger partial charge < -0.3 is 4.57 Å². The highest BCUT2D eigenvalue weighted by Gasteiger charge is 2.11. The monoisotopic (exact) mass is 281 g/mol. The van der Waals surface area contributed by atoms with E-state index in [0.29, 0.717) is 5.44 Å². The van der Waals surface area contributed by atoms with Crippen LogP contribution in [-0.2, 0) is 4.57 Å². The summed E-state index contributed by atoms with van der Waals surface area (Å²) in [5.74, 6) is 0. The van der Waals surface area contributed by atoms with Gasteiger partial charge in [-0.15, -0.1) is 0 Å². The van der Waals surface area contributed by atoms with E-state index < -0.39 is 7.14 Å². The van der Waals surface area contributed by atoms with E-state index in [4.69, 9.17) is 0 Å². The molecule has 0 unspecified atom stereocenters. The van der Waals surface area contributed by atoms with Crippen LogP contribution in [0.4, 0.5) is 0 Å². The summed E-state index contributed by atoms with van der Waals surface area (Å²) in [6, 6.07) is 5.58. The van der Waals surface area contributed by atoms with Gasteiger partial charge in [-0.3, -0.25) is 0 Å². The highest BCUT2D eigenvalue weighted by atomic mass is 127. The summed E-state index contributed by atoms with van der Waals surface area (Å²) in [5.41, 5.74) is 0.712. The molecule has 0 atom stereocenters. The molecule has 60 valence electrons. The van der Waals surface area contributed by atoms with Gasteiger partial charge in [-0.25, -0.2) is 4.98 Å². The van der Waals surface area contributed by atoms with Gasteiger partial charge in [0.2, 0.25) is 0 Å². The summed E-state index contributed by atoms with van der Waals surface area (Å²) >= 11 is 2.11. The predicted octanol–water partition coefficient (Wildman–Crippen LogP) is 1.93. The van der Waals surface area contributed by atoms with Crippen molar-refractivity contribution in [2.24, 2.45) is 0 Å². The third-order valence-electron chi connectivity index (χ3n) is 1.25. The van der Waals surface area contributed by atoms with Gasteiger partial charge in [-0.1, -0.05) is 6.07 Å². The predicted molar refractivity (Wildman–Crippen MR) is 56.0 cm³/mol. The van der Waals surface area contributed by atoms with Crippen molar-refractivity contribution in [3.8, 4) is 0 Å². The van der Waals surface area contributed by atoms with Crippen LogP contribution in [0.2, 0.25) is 0 Å². The number of nitrogens with zero attached hydrogens (tertiary/aromatic N) is 1. The van der Waals surface area contributed by atoms with Gasteiger partial charge in [-0.05, 0) is 48.1 Å². The second kappa shape index (κ2) is 3.23. The van der Waals surface area contributed by atoms with Gasteiger partial charge in [0.05, 0.1) is 0 Å². The quantitative estimate of drug-likeness (QED) is 0.447. The van der Waals surface area contributed by atoms with E-state index >= 15 is 0 Å². The molecule has 1 aromatic heterocycles. The fourth-order valence-electron chi connectivity index (χ4n) is 0.697. The molecule has 1 heterocycles. The minimum Gasteiger partial charge on any atom is -0.318 e. The Bertz CT molecular complexity index is 307. The third-order valence-corrected chi connectivity index (χ3v) is 3.21. The molecule has 2 nitrogen and oxygen atoms in total. The molecule has 0 radical (unpaired) electrons. The van der Waals surface area contributed by atoms with E-state index in [9.17, 15) is 4.57 Å². The van der Waals surface area contributed by atoms with Crippen LogP contribution in [-0.4, -0.2) is 18.3 Å². The Balaban J connectivity index is 3.17. The summed E-state index contributed by atoms with van der Waals surface area (Å²) in [6.07, 6.45) is 0. The van der Waals surface area contributed by atoms with Crippen molar-refractivity contribution in [3.05, 3.63) is 21.9 Å². The second-order valence-corrected chi connectivity index (χ2v) is 6.93. The molecule has 0 fully saturated rings. The minimum absolute atomic E-state index is 0.712. The van der Waals surface area contributed by atoms with E-state index in [1.54, 1.807) is 13.3 Å². The van der Waals surface area contributed by atoms with Crippen LogP contribution >= 0.6 is 29.7 Å². The number of aromatic nitrogens is 1. The van der Waals surface area contributed by atoms with Crippen molar-refractivity contribution >= 4 is 35.2 Å². The fourth-order valence-corrected chi connectivity index (χ4v) is 2.15. The number of halogens is 1. The maximum Gasteiger partial charge on any atom is 0.127 e. The first-order chi connectivity index (χ1) is 5.00. The van der Waals surface area contributed by atoms with E-state index in [-0.39, 0.29) is 0 Å². The topological polar surface area (TPSA) is 30.0 Å². The standard InChI is InChI=1S/C7H9INOP/c1-11(2,10)7-5-3-4-6(8)9-7/h3-5H,1-2H3. The van der Waals surface area contributed by atoms with Gasteiger partial charge in [0, 0.05) is 0 Å². The van der Waals surface area contributed by atoms with Gasteiger partial charge in [0.1, 0.15) is 16.3 Å². The Kier molecular flexibility index (Phi) is 2.70. The van der Waals surface area contributed by atoms with E-state index in [0.717, 1.165) is 3.70 Å². The fraction of sp³-hybridized carbons (Fsp3) is 0.286. The molecule has 0 bridgehead atoms. The van der Waals surface area contributed by atoms with E-state index in [1.807, 2.05) is 18.2 Å². The summed E-state index contributed by atoms with van der Waals surface area (Å²) in [6.45, 7) is 3.46. The Hall–Kier alpha value is 0.110. The van der Waals surface area contributed by atoms with Crippen LogP contribution in [0.1, 0.15) is 0 Å². The SMILES string of the molecule is CP(C)(=O)c1cccc(I)n1. The van der Waals surface area contributed by atoms with Crippen LogP contribution in [0.3, 0.4) is 0 Å². The zero-order valence-corrected chi connectivity index (χ0v) is 9.46. The lowest BCUT2D eigenvalue weighted by Gasteiger charge is -2.04. The van der Waals surface area contributed by atoms with Crippen LogP contribution in [0.5, 0.6) is 0 Å². The summed E-state index contributed by atoms with van der Waals surface area (Å²) < 4.78 is 12.4. The number of pyridine rings is 1. The zero-order valence-electron chi connectivity index (χ0n) is 6.41. The van der Waals surface area contributed by atoms with Crippen molar-refractivity contribution in [3.63, 3.8) is 0 Å². The molecule has 11 heavy (non-hydrogen) atoms. The van der Waals surface area contributed by atoms with Crippen molar-refractivity contribution in [1.82, 2.24) is 4.98 Å². The molecular formula is C7H9INOP. The van der Waals surface area contributed by atoms with Crippen molar-refractivity contribution in [1.29, 1.82) is 0 Å². The first kappa shape index (κ1) is 9.20. The molecule has 0 saturated heterocycles. The van der Waals surface area contributed by atoms with Gasteiger partial charge in [-0.2, -0.15) is 0 Å². The van der Waals surface area contributed by atoms with Crippen LogP contribution in [0, 0.1) is 3.70 Å². The van der Waals surface area contributed by atoms with Crippen molar-refractivity contribution < 1.29 is 4.57 Å². The van der Waals surface area contributed by atoms with E-state index in [1.165, 1.54) is 0 Å². The second-order valence-electron chi connectivity index (χ2n) is 2.67. The number of rotatable bonds is 1. The van der Waals surface area contributed by atoms with Crippen LogP contribution in [0.25, 0.3) is 0 Å². The first-order valence-corrected chi connectivity index (χ1v) is 6.86. The molecule has 1 rings (SSSR count). The Morgan fingerprint density at radius 3 is 2.45 bits per heavy atom. The molecule has 1 aromatic rings. The average molecular weight is 281 g/mol. The molecule has 0 amide bonds. The van der Waals surface area contributed by atoms with Crippen molar-refractivity contribution in [2.75, 3.05) is 13.3 Å². The molecule has 0 N–H and O–H groups in total. The van der Waals surface area contributed by atoms with Gasteiger partial charge in [0.25, 0.3) is 0 Å². The Morgan fingerprint density at radius 2 is 2.09 bits per heavy atom. The molecule has 4 heteroatoms. The number of hydrogen-bond donors (Lipinski definition) is 0. The lowest BCUT2D eigenvalue weighted by molar-refractivity contribution is 0.587. The van der Waals surface area contributed by atoms with Gasteiger partial charge >= 0.3 is 0 Å². The smallest absolute Gasteiger partial charge is 0.127 e. The maximum absolute atomic E-state index is 11.5. The normalized spacial score (nSPS) is 11.5. The molecule has 0 aliphatic rings. The summed E-state index contributed by atoms with van der Waals surface area (Å²) in [4.78, 5) is 4.17. The zero-order chi connectivity index (χ0) is 8.48. The molecule has 0 saturated carbocycles. The summed E-state index contributed by atoms with van der Waals surface area (Å²) in [5, 5.41) is 0. The van der Waals surface area contributed by atoms with Crippen LogP contribution < -0.4 is 5.44 Å².